The molecule has 2 saturated heterocycles. The maximum Gasteiger partial charge on any atom is 0.254 e. The molecule has 2 fully saturated rings. The number of anilines is 2. The molecule has 13 heteroatoms. The molecule has 3 N–H and O–H groups in total. The van der Waals surface area contributed by atoms with Gasteiger partial charge in [0.1, 0.15) is 10.8 Å². The Bertz CT molecular complexity index is 1710. The van der Waals surface area contributed by atoms with E-state index in [0.29, 0.717) is 67.6 Å². The number of methoxy groups -OCH3 is 1. The van der Waals surface area contributed by atoms with Crippen LogP contribution in [0.1, 0.15) is 22.3 Å². The molecule has 0 radical (unpaired) electrons. The Balaban J connectivity index is 1.15. The molecule has 2 atom stereocenters. The van der Waals surface area contributed by atoms with Gasteiger partial charge < -0.3 is 30.3 Å². The molecular weight excluding hydrogens is 577 g/mol. The highest BCUT2D eigenvalue weighted by molar-refractivity contribution is 6.32. The number of ether oxygens (including phenoxy) is 1. The van der Waals surface area contributed by atoms with Crippen LogP contribution in [0.5, 0.6) is 5.75 Å². The van der Waals surface area contributed by atoms with E-state index < -0.39 is 11.9 Å². The van der Waals surface area contributed by atoms with E-state index in [0.717, 1.165) is 5.56 Å². The van der Waals surface area contributed by atoms with Crippen molar-refractivity contribution < 1.29 is 23.8 Å². The van der Waals surface area contributed by atoms with Crippen LogP contribution in [0, 0.1) is 12.7 Å². The number of carbonyl (C=O) groups excluding carboxylic acids is 2. The lowest BCUT2D eigenvalue weighted by atomic mass is 10.1. The van der Waals surface area contributed by atoms with E-state index in [1.54, 1.807) is 57.1 Å². The van der Waals surface area contributed by atoms with Crippen LogP contribution >= 0.6 is 11.6 Å². The normalized spacial score (nSPS) is 18.7. The number of aromatic nitrogens is 3. The van der Waals surface area contributed by atoms with Gasteiger partial charge in [-0.2, -0.15) is 0 Å². The number of hydrogen-bond donors (Lipinski definition) is 3. The summed E-state index contributed by atoms with van der Waals surface area (Å²) in [6, 6.07) is 8.26. The van der Waals surface area contributed by atoms with Crippen molar-refractivity contribution in [3.05, 3.63) is 70.9 Å². The molecule has 43 heavy (non-hydrogen) atoms. The second-order valence-electron chi connectivity index (χ2n) is 10.7. The third-order valence-electron chi connectivity index (χ3n) is 7.97. The Kier molecular flexibility index (Phi) is 7.91. The first-order chi connectivity index (χ1) is 20.7. The number of carbonyl (C=O) groups is 2. The maximum absolute atomic E-state index is 15.1. The van der Waals surface area contributed by atoms with Gasteiger partial charge in [0.2, 0.25) is 5.91 Å². The number of halogens is 2. The van der Waals surface area contributed by atoms with Gasteiger partial charge in [0.05, 0.1) is 31.1 Å². The third-order valence-corrected chi connectivity index (χ3v) is 8.33. The molecule has 0 bridgehead atoms. The van der Waals surface area contributed by atoms with Gasteiger partial charge in [-0.05, 0) is 49.2 Å². The van der Waals surface area contributed by atoms with Gasteiger partial charge in [-0.25, -0.2) is 14.4 Å². The quantitative estimate of drug-likeness (QED) is 0.305. The molecule has 0 spiro atoms. The molecule has 11 nitrogen and oxygen atoms in total. The molecular formula is C30H31ClFN7O4. The Morgan fingerprint density at radius 3 is 2.60 bits per heavy atom. The lowest BCUT2D eigenvalue weighted by molar-refractivity contribution is -0.134. The number of aliphatic hydroxyl groups excluding tert-OH is 1. The molecule has 1 unspecified atom stereocenters. The molecule has 4 heterocycles. The molecule has 2 aromatic carbocycles. The van der Waals surface area contributed by atoms with E-state index in [2.05, 4.69) is 20.6 Å². The molecule has 6 rings (SSSR count). The summed E-state index contributed by atoms with van der Waals surface area (Å²) in [7, 11) is 1.43. The molecule has 2 amide bonds. The summed E-state index contributed by atoms with van der Waals surface area (Å²) in [5.74, 6) is -0.0277. The number of fused-ring (bicyclic) bond motifs is 1. The largest absolute Gasteiger partial charge is 0.495 e. The van der Waals surface area contributed by atoms with Crippen molar-refractivity contribution in [2.75, 3.05) is 45.2 Å². The van der Waals surface area contributed by atoms with Gasteiger partial charge in [0.25, 0.3) is 5.91 Å². The number of aryl methyl sites for hydroxylation is 1. The highest BCUT2D eigenvalue weighted by atomic mass is 35.5. The van der Waals surface area contributed by atoms with Crippen LogP contribution in [0.2, 0.25) is 5.02 Å². The first-order valence-corrected chi connectivity index (χ1v) is 14.3. The zero-order chi connectivity index (χ0) is 30.2. The summed E-state index contributed by atoms with van der Waals surface area (Å²) in [5, 5.41) is 15.9. The van der Waals surface area contributed by atoms with Crippen LogP contribution in [-0.2, 0) is 4.79 Å². The van der Waals surface area contributed by atoms with Crippen molar-refractivity contribution in [1.82, 2.24) is 29.5 Å². The average molecular weight is 608 g/mol. The van der Waals surface area contributed by atoms with Crippen molar-refractivity contribution >= 4 is 40.6 Å². The molecule has 2 aliphatic rings. The monoisotopic (exact) mass is 607 g/mol. The number of rotatable bonds is 6. The number of nitrogens with one attached hydrogen (secondary N) is 2. The molecule has 0 aliphatic carbocycles. The summed E-state index contributed by atoms with van der Waals surface area (Å²) < 4.78 is 21.9. The van der Waals surface area contributed by atoms with Crippen molar-refractivity contribution in [3.63, 3.8) is 0 Å². The van der Waals surface area contributed by atoms with Crippen LogP contribution in [-0.4, -0.2) is 93.1 Å². The number of nitrogens with zero attached hydrogens (tertiary/aromatic N) is 5. The standard InChI is InChI=1S/C30H31ClFN7O4/c1-17-13-18(3-4-20(17)29(41)37-9-11-38(12-10-37)30(42)22-14-19(40)15-34-22)36-27-28-35-16-23(39(28)8-7-33-27)21-5-6-24(43-2)25(31)26(21)32/h3-8,13,16,19,22,34,40H,9-12,14-15H2,1-2H3,(H,33,36)/t19-,22?/m1/s1. The highest BCUT2D eigenvalue weighted by Crippen LogP contribution is 2.35. The number of aliphatic hydroxyl groups is 1. The third kappa shape index (κ3) is 5.49. The zero-order valence-electron chi connectivity index (χ0n) is 23.7. The fraction of sp³-hybridized carbons (Fsp3) is 0.333. The van der Waals surface area contributed by atoms with Gasteiger partial charge in [0, 0.05) is 61.9 Å². The fourth-order valence-corrected chi connectivity index (χ4v) is 5.88. The number of hydrogen-bond acceptors (Lipinski definition) is 8. The van der Waals surface area contributed by atoms with Gasteiger partial charge in [-0.3, -0.25) is 14.0 Å². The lowest BCUT2D eigenvalue weighted by Crippen LogP contribution is -2.54. The topological polar surface area (TPSA) is 124 Å². The fourth-order valence-electron chi connectivity index (χ4n) is 5.64. The first kappa shape index (κ1) is 28.8. The second-order valence-corrected chi connectivity index (χ2v) is 11.1. The minimum absolute atomic E-state index is 0.0265. The van der Waals surface area contributed by atoms with E-state index in [1.807, 2.05) is 13.0 Å². The Labute approximate surface area is 252 Å². The van der Waals surface area contributed by atoms with Crippen molar-refractivity contribution in [3.8, 4) is 17.0 Å². The molecule has 224 valence electrons. The molecule has 2 aliphatic heterocycles. The molecule has 0 saturated carbocycles. The predicted molar refractivity (Wildman–Crippen MR) is 159 cm³/mol. The summed E-state index contributed by atoms with van der Waals surface area (Å²) in [6.45, 7) is 4.07. The summed E-state index contributed by atoms with van der Waals surface area (Å²) in [4.78, 5) is 38.5. The predicted octanol–water partition coefficient (Wildman–Crippen LogP) is 3.26. The summed E-state index contributed by atoms with van der Waals surface area (Å²) >= 11 is 6.15. The number of benzene rings is 2. The van der Waals surface area contributed by atoms with Crippen molar-refractivity contribution in [2.24, 2.45) is 0 Å². The molecule has 2 aromatic heterocycles. The van der Waals surface area contributed by atoms with E-state index >= 15 is 4.39 Å². The molecule has 4 aromatic rings. The first-order valence-electron chi connectivity index (χ1n) is 14.0. The number of piperazine rings is 1. The Morgan fingerprint density at radius 1 is 1.14 bits per heavy atom. The van der Waals surface area contributed by atoms with Gasteiger partial charge >= 0.3 is 0 Å². The van der Waals surface area contributed by atoms with Gasteiger partial charge in [0.15, 0.2) is 17.3 Å². The van der Waals surface area contributed by atoms with Crippen molar-refractivity contribution in [2.45, 2.75) is 25.5 Å². The van der Waals surface area contributed by atoms with E-state index in [9.17, 15) is 14.7 Å². The van der Waals surface area contributed by atoms with E-state index in [1.165, 1.54) is 7.11 Å². The maximum atomic E-state index is 15.1. The van der Waals surface area contributed by atoms with E-state index in [-0.39, 0.29) is 34.2 Å². The van der Waals surface area contributed by atoms with Crippen LogP contribution in [0.15, 0.2) is 48.9 Å². The van der Waals surface area contributed by atoms with Crippen LogP contribution in [0.4, 0.5) is 15.9 Å². The van der Waals surface area contributed by atoms with Crippen LogP contribution < -0.4 is 15.4 Å². The van der Waals surface area contributed by atoms with Crippen LogP contribution in [0.25, 0.3) is 16.9 Å². The van der Waals surface area contributed by atoms with Gasteiger partial charge in [-0.15, -0.1) is 0 Å². The number of β-amino-alcohol motifs (C(OH)–C–C–N with tert-alkyl or cyclic N) is 1. The van der Waals surface area contributed by atoms with Crippen LogP contribution in [0.3, 0.4) is 0 Å². The second kappa shape index (κ2) is 11.8. The average Bonchev–Trinajstić information content (AvgIpc) is 3.65. The number of imidazole rings is 1. The smallest absolute Gasteiger partial charge is 0.254 e. The van der Waals surface area contributed by atoms with Crippen molar-refractivity contribution in [1.29, 1.82) is 0 Å². The summed E-state index contributed by atoms with van der Waals surface area (Å²) in [6.07, 6.45) is 4.75. The SMILES string of the molecule is COc1ccc(-c2cnc3c(Nc4ccc(C(=O)N5CCN(C(=O)C6C[C@@H](O)CN6)CC5)c(C)c4)nccn23)c(F)c1Cl. The Morgan fingerprint density at radius 2 is 1.91 bits per heavy atom. The lowest BCUT2D eigenvalue weighted by Gasteiger charge is -2.36. The number of amides is 2. The highest BCUT2D eigenvalue weighted by Gasteiger charge is 2.33. The van der Waals surface area contributed by atoms with E-state index in [4.69, 9.17) is 16.3 Å². The van der Waals surface area contributed by atoms with Gasteiger partial charge in [-0.1, -0.05) is 11.6 Å². The summed E-state index contributed by atoms with van der Waals surface area (Å²) in [5.41, 5.74) is 3.32. The minimum Gasteiger partial charge on any atom is -0.495 e. The Hall–Kier alpha value is -4.26. The zero-order valence-corrected chi connectivity index (χ0v) is 24.4. The minimum atomic E-state index is -0.608.